The van der Waals surface area contributed by atoms with Crippen molar-refractivity contribution in [3.8, 4) is 11.5 Å². The van der Waals surface area contributed by atoms with Crippen molar-refractivity contribution in [3.05, 3.63) is 24.3 Å². The van der Waals surface area contributed by atoms with Crippen molar-refractivity contribution in [3.63, 3.8) is 0 Å². The molecule has 0 radical (unpaired) electrons. The van der Waals surface area contributed by atoms with Gasteiger partial charge in [0, 0.05) is 6.07 Å². The molecule has 4 nitrogen and oxygen atoms in total. The second kappa shape index (κ2) is 9.70. The molecule has 1 N–H and O–H groups in total. The Morgan fingerprint density at radius 2 is 1.77 bits per heavy atom. The Kier molecular flexibility index (Phi) is 7.54. The van der Waals surface area contributed by atoms with E-state index in [1.807, 2.05) is 38.1 Å². The van der Waals surface area contributed by atoms with E-state index in [1.54, 1.807) is 4.90 Å². The van der Waals surface area contributed by atoms with Crippen LogP contribution < -0.4 is 14.4 Å². The third-order valence-electron chi connectivity index (χ3n) is 3.83. The highest BCUT2D eigenvalue weighted by atomic mass is 16.5. The SMILES string of the molecule is CC(C)Oc1cccc(OCCOCC[NH+]2CCCCC2)c1. The number of piperidine rings is 1. The lowest BCUT2D eigenvalue weighted by Crippen LogP contribution is -3.13. The number of ether oxygens (including phenoxy) is 3. The van der Waals surface area contributed by atoms with E-state index in [0.717, 1.165) is 24.7 Å². The van der Waals surface area contributed by atoms with Gasteiger partial charge in [-0.05, 0) is 45.2 Å². The zero-order chi connectivity index (χ0) is 15.6. The molecule has 0 aromatic heterocycles. The highest BCUT2D eigenvalue weighted by molar-refractivity contribution is 5.33. The van der Waals surface area contributed by atoms with Gasteiger partial charge in [0.15, 0.2) is 0 Å². The van der Waals surface area contributed by atoms with Gasteiger partial charge in [0.2, 0.25) is 0 Å². The third-order valence-corrected chi connectivity index (χ3v) is 3.83. The predicted octanol–water partition coefficient (Wildman–Crippen LogP) is 1.94. The molecular weight excluding hydrogens is 278 g/mol. The predicted molar refractivity (Wildman–Crippen MR) is 87.9 cm³/mol. The molecule has 0 bridgehead atoms. The molecule has 1 heterocycles. The van der Waals surface area contributed by atoms with Crippen LogP contribution in [0.1, 0.15) is 33.1 Å². The maximum absolute atomic E-state index is 5.71. The molecule has 0 amide bonds. The summed E-state index contributed by atoms with van der Waals surface area (Å²) in [7, 11) is 0. The average Bonchev–Trinajstić information content (AvgIpc) is 2.51. The number of hydrogen-bond acceptors (Lipinski definition) is 3. The van der Waals surface area contributed by atoms with E-state index in [-0.39, 0.29) is 6.10 Å². The Morgan fingerprint density at radius 1 is 1.00 bits per heavy atom. The maximum atomic E-state index is 5.71. The zero-order valence-electron chi connectivity index (χ0n) is 14.0. The van der Waals surface area contributed by atoms with Gasteiger partial charge in [0.1, 0.15) is 24.7 Å². The first kappa shape index (κ1) is 17.1. The summed E-state index contributed by atoms with van der Waals surface area (Å²) in [4.78, 5) is 1.69. The molecule has 0 aliphatic carbocycles. The lowest BCUT2D eigenvalue weighted by atomic mass is 10.1. The largest absolute Gasteiger partial charge is 0.491 e. The average molecular weight is 308 g/mol. The fraction of sp³-hybridized carbons (Fsp3) is 0.667. The first-order valence-corrected chi connectivity index (χ1v) is 8.55. The molecule has 1 aliphatic heterocycles. The van der Waals surface area contributed by atoms with Crippen LogP contribution in [0, 0.1) is 0 Å². The zero-order valence-corrected chi connectivity index (χ0v) is 14.0. The van der Waals surface area contributed by atoms with Crippen molar-refractivity contribution >= 4 is 0 Å². The van der Waals surface area contributed by atoms with Crippen LogP contribution in [0.25, 0.3) is 0 Å². The van der Waals surface area contributed by atoms with Gasteiger partial charge in [0.05, 0.1) is 32.4 Å². The summed E-state index contributed by atoms with van der Waals surface area (Å²) in [6, 6.07) is 7.78. The maximum Gasteiger partial charge on any atom is 0.123 e. The molecule has 0 saturated carbocycles. The minimum atomic E-state index is 0.177. The lowest BCUT2D eigenvalue weighted by Gasteiger charge is -2.23. The Hall–Kier alpha value is -1.26. The molecule has 1 aromatic carbocycles. The van der Waals surface area contributed by atoms with Crippen molar-refractivity contribution in [2.45, 2.75) is 39.2 Å². The van der Waals surface area contributed by atoms with Gasteiger partial charge in [-0.25, -0.2) is 0 Å². The summed E-state index contributed by atoms with van der Waals surface area (Å²) < 4.78 is 17.0. The molecule has 22 heavy (non-hydrogen) atoms. The van der Waals surface area contributed by atoms with Gasteiger partial charge >= 0.3 is 0 Å². The van der Waals surface area contributed by atoms with Crippen LogP contribution in [0.3, 0.4) is 0 Å². The molecule has 1 aliphatic rings. The van der Waals surface area contributed by atoms with Gasteiger partial charge in [0.25, 0.3) is 0 Å². The molecule has 1 aromatic rings. The van der Waals surface area contributed by atoms with E-state index in [4.69, 9.17) is 14.2 Å². The number of benzene rings is 1. The van der Waals surface area contributed by atoms with Crippen molar-refractivity contribution in [2.75, 3.05) is 39.5 Å². The number of hydrogen-bond donors (Lipinski definition) is 1. The lowest BCUT2D eigenvalue weighted by molar-refractivity contribution is -0.905. The van der Waals surface area contributed by atoms with E-state index in [9.17, 15) is 0 Å². The quantitative estimate of drug-likeness (QED) is 0.708. The Bertz CT molecular complexity index is 417. The van der Waals surface area contributed by atoms with Gasteiger partial charge in [-0.3, -0.25) is 0 Å². The second-order valence-electron chi connectivity index (χ2n) is 6.16. The van der Waals surface area contributed by atoms with Gasteiger partial charge in [-0.15, -0.1) is 0 Å². The minimum absolute atomic E-state index is 0.177. The second-order valence-corrected chi connectivity index (χ2v) is 6.16. The molecule has 1 saturated heterocycles. The first-order valence-electron chi connectivity index (χ1n) is 8.55. The van der Waals surface area contributed by atoms with Crippen molar-refractivity contribution < 1.29 is 19.1 Å². The van der Waals surface area contributed by atoms with E-state index in [0.29, 0.717) is 13.2 Å². The third kappa shape index (κ3) is 6.67. The van der Waals surface area contributed by atoms with Gasteiger partial charge in [-0.2, -0.15) is 0 Å². The highest BCUT2D eigenvalue weighted by Crippen LogP contribution is 2.20. The summed E-state index contributed by atoms with van der Waals surface area (Å²) in [6.45, 7) is 9.83. The van der Waals surface area contributed by atoms with Crippen LogP contribution in [-0.2, 0) is 4.74 Å². The number of quaternary nitrogens is 1. The van der Waals surface area contributed by atoms with Crippen LogP contribution in [0.5, 0.6) is 11.5 Å². The fourth-order valence-corrected chi connectivity index (χ4v) is 2.75. The highest BCUT2D eigenvalue weighted by Gasteiger charge is 2.12. The molecule has 0 unspecified atom stereocenters. The number of nitrogens with one attached hydrogen (secondary N) is 1. The molecule has 0 spiro atoms. The van der Waals surface area contributed by atoms with Crippen LogP contribution in [0.4, 0.5) is 0 Å². The molecule has 0 atom stereocenters. The smallest absolute Gasteiger partial charge is 0.123 e. The van der Waals surface area contributed by atoms with E-state index >= 15 is 0 Å². The van der Waals surface area contributed by atoms with Crippen molar-refractivity contribution in [1.82, 2.24) is 0 Å². The normalized spacial score (nSPS) is 16.0. The summed E-state index contributed by atoms with van der Waals surface area (Å²) in [6.07, 6.45) is 4.31. The molecule has 4 heteroatoms. The number of rotatable bonds is 9. The molecular formula is C18H30NO3+. The van der Waals surface area contributed by atoms with Gasteiger partial charge in [-0.1, -0.05) is 6.07 Å². The molecule has 2 rings (SSSR count). The molecule has 1 fully saturated rings. The fourth-order valence-electron chi connectivity index (χ4n) is 2.75. The summed E-state index contributed by atoms with van der Waals surface area (Å²) in [5, 5.41) is 0. The van der Waals surface area contributed by atoms with Crippen LogP contribution in [-0.4, -0.2) is 45.6 Å². The van der Waals surface area contributed by atoms with Crippen molar-refractivity contribution in [2.24, 2.45) is 0 Å². The van der Waals surface area contributed by atoms with Crippen LogP contribution in [0.2, 0.25) is 0 Å². The summed E-state index contributed by atoms with van der Waals surface area (Å²) >= 11 is 0. The Balaban J connectivity index is 1.56. The van der Waals surface area contributed by atoms with Crippen LogP contribution >= 0.6 is 0 Å². The number of likely N-dealkylation sites (tertiary alicyclic amines) is 1. The van der Waals surface area contributed by atoms with E-state index < -0.39 is 0 Å². The van der Waals surface area contributed by atoms with Crippen LogP contribution in [0.15, 0.2) is 24.3 Å². The Labute approximate surface area is 134 Å². The standard InChI is InChI=1S/C18H29NO3/c1-16(2)22-18-8-6-7-17(15-18)21-14-13-20-12-11-19-9-4-3-5-10-19/h6-8,15-16H,3-5,9-14H2,1-2H3/p+1. The van der Waals surface area contributed by atoms with Gasteiger partial charge < -0.3 is 19.1 Å². The molecule has 124 valence electrons. The first-order chi connectivity index (χ1) is 10.7. The topological polar surface area (TPSA) is 32.1 Å². The van der Waals surface area contributed by atoms with Crippen molar-refractivity contribution in [1.29, 1.82) is 0 Å². The monoisotopic (exact) mass is 308 g/mol. The minimum Gasteiger partial charge on any atom is -0.491 e. The summed E-state index contributed by atoms with van der Waals surface area (Å²) in [5.41, 5.74) is 0. The van der Waals surface area contributed by atoms with E-state index in [2.05, 4.69) is 0 Å². The van der Waals surface area contributed by atoms with E-state index in [1.165, 1.54) is 32.4 Å². The summed E-state index contributed by atoms with van der Waals surface area (Å²) in [5.74, 6) is 1.69. The Morgan fingerprint density at radius 3 is 2.55 bits per heavy atom.